The van der Waals surface area contributed by atoms with Crippen molar-refractivity contribution < 1.29 is 18.7 Å². The van der Waals surface area contributed by atoms with Gasteiger partial charge in [-0.15, -0.1) is 11.3 Å². The first-order chi connectivity index (χ1) is 14.0. The topological polar surface area (TPSA) is 58.6 Å². The van der Waals surface area contributed by atoms with Crippen molar-refractivity contribution in [3.8, 4) is 5.75 Å². The van der Waals surface area contributed by atoms with Crippen LogP contribution in [0.2, 0.25) is 0 Å². The number of fused-ring (bicyclic) bond motifs is 1. The number of likely N-dealkylation sites (tertiary alicyclic amines) is 1. The molecule has 1 aromatic carbocycles. The van der Waals surface area contributed by atoms with Gasteiger partial charge in [-0.05, 0) is 62.3 Å². The van der Waals surface area contributed by atoms with Crippen LogP contribution in [0.5, 0.6) is 5.75 Å². The molecule has 1 aliphatic heterocycles. The number of halogens is 1. The number of methoxy groups -OCH3 is 1. The van der Waals surface area contributed by atoms with E-state index >= 15 is 0 Å². The summed E-state index contributed by atoms with van der Waals surface area (Å²) >= 11 is 1.57. The van der Waals surface area contributed by atoms with Gasteiger partial charge in [0.15, 0.2) is 11.6 Å². The van der Waals surface area contributed by atoms with Gasteiger partial charge in [-0.3, -0.25) is 9.59 Å². The molecule has 0 radical (unpaired) electrons. The third kappa shape index (κ3) is 4.29. The van der Waals surface area contributed by atoms with Gasteiger partial charge in [0.05, 0.1) is 12.0 Å². The van der Waals surface area contributed by atoms with Crippen molar-refractivity contribution in [3.63, 3.8) is 0 Å². The zero-order valence-electron chi connectivity index (χ0n) is 16.5. The van der Waals surface area contributed by atoms with E-state index in [2.05, 4.69) is 5.32 Å². The SMILES string of the molecule is COc1ccc(NC(=O)C2CCc3sc(C(=O)N4CCCCC4)cc3C2)cc1F. The highest BCUT2D eigenvalue weighted by Crippen LogP contribution is 2.34. The molecule has 154 valence electrons. The monoisotopic (exact) mass is 416 g/mol. The fourth-order valence-electron chi connectivity index (χ4n) is 4.09. The number of piperidine rings is 1. The van der Waals surface area contributed by atoms with Gasteiger partial charge < -0.3 is 15.0 Å². The molecule has 5 nitrogen and oxygen atoms in total. The summed E-state index contributed by atoms with van der Waals surface area (Å²) in [5, 5.41) is 2.81. The Labute approximate surface area is 173 Å². The van der Waals surface area contributed by atoms with Crippen LogP contribution in [-0.2, 0) is 17.6 Å². The summed E-state index contributed by atoms with van der Waals surface area (Å²) < 4.78 is 18.8. The number of rotatable bonds is 4. The Bertz CT molecular complexity index is 921. The average molecular weight is 417 g/mol. The fourth-order valence-corrected chi connectivity index (χ4v) is 5.27. The molecule has 1 atom stereocenters. The van der Waals surface area contributed by atoms with Crippen molar-refractivity contribution in [2.24, 2.45) is 5.92 Å². The van der Waals surface area contributed by atoms with Gasteiger partial charge in [-0.2, -0.15) is 0 Å². The molecule has 1 fully saturated rings. The number of thiophene rings is 1. The maximum Gasteiger partial charge on any atom is 0.263 e. The van der Waals surface area contributed by atoms with E-state index in [1.165, 1.54) is 30.5 Å². The molecule has 4 rings (SSSR count). The molecule has 1 unspecified atom stereocenters. The molecule has 2 amide bonds. The van der Waals surface area contributed by atoms with Crippen LogP contribution in [0, 0.1) is 11.7 Å². The molecular weight excluding hydrogens is 391 g/mol. The molecule has 2 heterocycles. The molecule has 7 heteroatoms. The third-order valence-electron chi connectivity index (χ3n) is 5.73. The smallest absolute Gasteiger partial charge is 0.263 e. The standard InChI is InChI=1S/C22H25FN2O3S/c1-28-18-7-6-16(13-17(18)23)24-21(26)14-5-8-19-15(11-14)12-20(29-19)22(27)25-9-3-2-4-10-25/h6-7,12-14H,2-5,8-11H2,1H3,(H,24,26). The van der Waals surface area contributed by atoms with Crippen molar-refractivity contribution in [1.29, 1.82) is 0 Å². The highest BCUT2D eigenvalue weighted by Gasteiger charge is 2.29. The number of ether oxygens (including phenoxy) is 1. The van der Waals surface area contributed by atoms with Gasteiger partial charge in [0.1, 0.15) is 0 Å². The van der Waals surface area contributed by atoms with Crippen LogP contribution in [0.15, 0.2) is 24.3 Å². The number of nitrogens with one attached hydrogen (secondary N) is 1. The molecule has 0 spiro atoms. The Kier molecular flexibility index (Phi) is 5.85. The van der Waals surface area contributed by atoms with Gasteiger partial charge in [-0.1, -0.05) is 0 Å². The summed E-state index contributed by atoms with van der Waals surface area (Å²) in [7, 11) is 1.40. The van der Waals surface area contributed by atoms with Crippen LogP contribution in [0.3, 0.4) is 0 Å². The van der Waals surface area contributed by atoms with E-state index in [9.17, 15) is 14.0 Å². The van der Waals surface area contributed by atoms with Crippen LogP contribution < -0.4 is 10.1 Å². The number of carbonyl (C=O) groups excluding carboxylic acids is 2. The first-order valence-corrected chi connectivity index (χ1v) is 10.9. The van der Waals surface area contributed by atoms with Gasteiger partial charge in [0.25, 0.3) is 5.91 Å². The Morgan fingerprint density at radius 1 is 1.21 bits per heavy atom. The van der Waals surface area contributed by atoms with Gasteiger partial charge in [-0.25, -0.2) is 4.39 Å². The van der Waals surface area contributed by atoms with Crippen LogP contribution >= 0.6 is 11.3 Å². The predicted molar refractivity (Wildman–Crippen MR) is 111 cm³/mol. The summed E-state index contributed by atoms with van der Waals surface area (Å²) in [6.07, 6.45) is 5.48. The zero-order chi connectivity index (χ0) is 20.4. The lowest BCUT2D eigenvalue weighted by Crippen LogP contribution is -2.35. The van der Waals surface area contributed by atoms with Crippen LogP contribution in [0.25, 0.3) is 0 Å². The normalized spacial score (nSPS) is 18.8. The average Bonchev–Trinajstić information content (AvgIpc) is 3.17. The van der Waals surface area contributed by atoms with Crippen LogP contribution in [0.4, 0.5) is 10.1 Å². The minimum Gasteiger partial charge on any atom is -0.494 e. The van der Waals surface area contributed by atoms with Crippen molar-refractivity contribution in [3.05, 3.63) is 45.4 Å². The van der Waals surface area contributed by atoms with Crippen molar-refractivity contribution >= 4 is 28.8 Å². The molecule has 1 aliphatic carbocycles. The second kappa shape index (κ2) is 8.53. The summed E-state index contributed by atoms with van der Waals surface area (Å²) in [4.78, 5) is 29.4. The number of aryl methyl sites for hydroxylation is 1. The van der Waals surface area contributed by atoms with Gasteiger partial charge in [0.2, 0.25) is 5.91 Å². The lowest BCUT2D eigenvalue weighted by Gasteiger charge is -2.26. The van der Waals surface area contributed by atoms with E-state index in [-0.39, 0.29) is 23.5 Å². The van der Waals surface area contributed by atoms with Crippen molar-refractivity contribution in [2.75, 3.05) is 25.5 Å². The van der Waals surface area contributed by atoms with Crippen molar-refractivity contribution in [1.82, 2.24) is 4.90 Å². The van der Waals surface area contributed by atoms with E-state index < -0.39 is 5.82 Å². The van der Waals surface area contributed by atoms with Gasteiger partial charge >= 0.3 is 0 Å². The van der Waals surface area contributed by atoms with Crippen LogP contribution in [-0.4, -0.2) is 36.9 Å². The maximum atomic E-state index is 13.9. The highest BCUT2D eigenvalue weighted by atomic mass is 32.1. The first-order valence-electron chi connectivity index (χ1n) is 10.1. The number of hydrogen-bond donors (Lipinski definition) is 1. The van der Waals surface area contributed by atoms with E-state index in [1.54, 1.807) is 17.4 Å². The Balaban J connectivity index is 1.41. The molecule has 1 N–H and O–H groups in total. The lowest BCUT2D eigenvalue weighted by molar-refractivity contribution is -0.120. The molecule has 2 aliphatic rings. The minimum absolute atomic E-state index is 0.115. The number of anilines is 1. The second-order valence-electron chi connectivity index (χ2n) is 7.69. The van der Waals surface area contributed by atoms with Crippen LogP contribution in [0.1, 0.15) is 45.8 Å². The Morgan fingerprint density at radius 3 is 2.72 bits per heavy atom. The number of carbonyl (C=O) groups is 2. The number of hydrogen-bond acceptors (Lipinski definition) is 4. The number of benzene rings is 1. The first kappa shape index (κ1) is 19.9. The summed E-state index contributed by atoms with van der Waals surface area (Å²) in [6, 6.07) is 6.38. The van der Waals surface area contributed by atoms with Crippen molar-refractivity contribution in [2.45, 2.75) is 38.5 Å². The number of nitrogens with zero attached hydrogens (tertiary/aromatic N) is 1. The minimum atomic E-state index is -0.505. The summed E-state index contributed by atoms with van der Waals surface area (Å²) in [6.45, 7) is 1.68. The molecule has 29 heavy (non-hydrogen) atoms. The van der Waals surface area contributed by atoms with E-state index in [0.717, 1.165) is 49.2 Å². The van der Waals surface area contributed by atoms with E-state index in [1.807, 2.05) is 11.0 Å². The predicted octanol–water partition coefficient (Wildman–Crippen LogP) is 4.27. The molecule has 1 saturated heterocycles. The Morgan fingerprint density at radius 2 is 2.00 bits per heavy atom. The second-order valence-corrected chi connectivity index (χ2v) is 8.83. The summed E-state index contributed by atoms with van der Waals surface area (Å²) in [5.41, 5.74) is 1.52. The molecule has 0 bridgehead atoms. The lowest BCUT2D eigenvalue weighted by atomic mass is 9.87. The third-order valence-corrected chi connectivity index (χ3v) is 6.95. The largest absolute Gasteiger partial charge is 0.494 e. The zero-order valence-corrected chi connectivity index (χ0v) is 17.3. The molecule has 0 saturated carbocycles. The molecule has 2 aromatic rings. The fraction of sp³-hybridized carbons (Fsp3) is 0.455. The molecular formula is C22H25FN2O3S. The molecule has 1 aromatic heterocycles. The van der Waals surface area contributed by atoms with Gasteiger partial charge in [0, 0.05) is 35.6 Å². The van der Waals surface area contributed by atoms with E-state index in [4.69, 9.17) is 4.74 Å². The Hall–Kier alpha value is -2.41. The summed E-state index contributed by atoms with van der Waals surface area (Å²) in [5.74, 6) is -0.529. The quantitative estimate of drug-likeness (QED) is 0.810. The number of amides is 2. The highest BCUT2D eigenvalue weighted by molar-refractivity contribution is 7.14. The maximum absolute atomic E-state index is 13.9. The van der Waals surface area contributed by atoms with E-state index in [0.29, 0.717) is 12.1 Å².